The van der Waals surface area contributed by atoms with Crippen LogP contribution in [-0.2, 0) is 22.3 Å². The van der Waals surface area contributed by atoms with Crippen LogP contribution in [0.2, 0.25) is 0 Å². The van der Waals surface area contributed by atoms with E-state index in [1.807, 2.05) is 0 Å². The molecular formula is C24H22F7N5O3. The van der Waals surface area contributed by atoms with E-state index in [1.54, 1.807) is 0 Å². The van der Waals surface area contributed by atoms with Crippen molar-refractivity contribution in [1.82, 2.24) is 19.6 Å². The van der Waals surface area contributed by atoms with E-state index in [9.17, 15) is 45.1 Å². The number of hydrogen-bond acceptors (Lipinski definition) is 4. The van der Waals surface area contributed by atoms with E-state index < -0.39 is 64.7 Å². The Kier molecular flexibility index (Phi) is 5.99. The molecule has 1 atom stereocenters. The zero-order chi connectivity index (χ0) is 28.5. The number of halogens is 7. The number of benzene rings is 1. The van der Waals surface area contributed by atoms with E-state index in [0.29, 0.717) is 6.07 Å². The Labute approximate surface area is 216 Å². The molecule has 8 nitrogen and oxygen atoms in total. The third-order valence-corrected chi connectivity index (χ3v) is 7.87. The monoisotopic (exact) mass is 561 g/mol. The summed E-state index contributed by atoms with van der Waals surface area (Å²) in [6.07, 6.45) is -7.76. The first kappa shape index (κ1) is 26.9. The minimum Gasteiger partial charge on any atom is -0.369 e. The Balaban J connectivity index is 1.29. The van der Waals surface area contributed by atoms with Gasteiger partial charge in [-0.3, -0.25) is 19.1 Å². The van der Waals surface area contributed by atoms with Crippen molar-refractivity contribution in [2.75, 3.05) is 26.2 Å². The van der Waals surface area contributed by atoms with Gasteiger partial charge in [-0.25, -0.2) is 4.39 Å². The summed E-state index contributed by atoms with van der Waals surface area (Å²) in [7, 11) is 0. The molecule has 210 valence electrons. The van der Waals surface area contributed by atoms with Crippen LogP contribution in [0.15, 0.2) is 30.6 Å². The number of carbonyl (C=O) groups excluding carboxylic acids is 3. The van der Waals surface area contributed by atoms with Crippen molar-refractivity contribution < 1.29 is 45.1 Å². The molecule has 2 aromatic rings. The molecule has 3 fully saturated rings. The van der Waals surface area contributed by atoms with Gasteiger partial charge < -0.3 is 15.5 Å². The van der Waals surface area contributed by atoms with Gasteiger partial charge in [0.15, 0.2) is 0 Å². The number of aromatic nitrogens is 2. The quantitative estimate of drug-likeness (QED) is 0.568. The molecule has 2 aliphatic heterocycles. The molecule has 1 unspecified atom stereocenters. The van der Waals surface area contributed by atoms with Crippen molar-refractivity contribution in [3.63, 3.8) is 0 Å². The lowest BCUT2D eigenvalue weighted by molar-refractivity contribution is -0.205. The van der Waals surface area contributed by atoms with Crippen LogP contribution in [0.3, 0.4) is 0 Å². The van der Waals surface area contributed by atoms with Crippen molar-refractivity contribution in [3.8, 4) is 0 Å². The maximum atomic E-state index is 13.4. The van der Waals surface area contributed by atoms with Crippen molar-refractivity contribution in [2.45, 2.75) is 31.7 Å². The predicted octanol–water partition coefficient (Wildman–Crippen LogP) is 2.82. The van der Waals surface area contributed by atoms with Crippen LogP contribution >= 0.6 is 0 Å². The average Bonchev–Trinajstić information content (AvgIpc) is 3.35. The van der Waals surface area contributed by atoms with Gasteiger partial charge in [0.1, 0.15) is 11.2 Å². The summed E-state index contributed by atoms with van der Waals surface area (Å²) in [5, 5.41) is 3.92. The van der Waals surface area contributed by atoms with E-state index >= 15 is 0 Å². The van der Waals surface area contributed by atoms with Crippen LogP contribution in [0.25, 0.3) is 0 Å². The molecule has 5 rings (SSSR count). The third-order valence-electron chi connectivity index (χ3n) is 7.87. The van der Waals surface area contributed by atoms with Crippen molar-refractivity contribution in [3.05, 3.63) is 53.1 Å². The maximum Gasteiger partial charge on any atom is 0.416 e. The standard InChI is InChI=1S/C24H22F7N5O3/c25-15-2-1-13(16(5-15)23(26,27)28)7-36-8-14(6-33-36)19(38)34-9-17(18(32)37)21(10-34)11-35(12-21)20(39)22(3-4-22)24(29,30)31/h1-2,5-6,8,17H,3-4,7,9-12H2,(H2,32,37). The summed E-state index contributed by atoms with van der Waals surface area (Å²) in [6, 6.07) is 2.21. The van der Waals surface area contributed by atoms with Crippen LogP contribution in [0.5, 0.6) is 0 Å². The fourth-order valence-electron chi connectivity index (χ4n) is 5.61. The molecule has 3 aliphatic rings. The number of amides is 3. The normalized spacial score (nSPS) is 21.7. The van der Waals surface area contributed by atoms with Crippen molar-refractivity contribution >= 4 is 17.7 Å². The topological polar surface area (TPSA) is 102 Å². The van der Waals surface area contributed by atoms with E-state index in [1.165, 1.54) is 11.1 Å². The molecule has 1 saturated carbocycles. The summed E-state index contributed by atoms with van der Waals surface area (Å²) < 4.78 is 94.5. The molecule has 3 amide bonds. The van der Waals surface area contributed by atoms with Gasteiger partial charge >= 0.3 is 12.4 Å². The lowest BCUT2D eigenvalue weighted by Gasteiger charge is -2.51. The maximum absolute atomic E-state index is 13.4. The highest BCUT2D eigenvalue weighted by Crippen LogP contribution is 2.60. The van der Waals surface area contributed by atoms with Crippen molar-refractivity contribution in [2.24, 2.45) is 22.5 Å². The van der Waals surface area contributed by atoms with E-state index in [-0.39, 0.29) is 50.1 Å². The minimum atomic E-state index is -4.81. The minimum absolute atomic E-state index is 0.00722. The number of likely N-dealkylation sites (tertiary alicyclic amines) is 2. The van der Waals surface area contributed by atoms with Crippen LogP contribution < -0.4 is 5.73 Å². The van der Waals surface area contributed by atoms with Crippen LogP contribution in [-0.4, -0.2) is 69.7 Å². The first-order valence-corrected chi connectivity index (χ1v) is 11.9. The highest BCUT2D eigenvalue weighted by atomic mass is 19.4. The molecule has 1 aliphatic carbocycles. The SMILES string of the molecule is NC(=O)C1CN(C(=O)c2cnn(Cc3ccc(F)cc3C(F)(F)F)c2)CC12CN(C(=O)C1(C(F)(F)F)CC1)C2. The summed E-state index contributed by atoms with van der Waals surface area (Å²) in [5.41, 5.74) is 0.679. The molecule has 3 heterocycles. The molecule has 1 aromatic carbocycles. The van der Waals surface area contributed by atoms with Gasteiger partial charge in [-0.05, 0) is 30.5 Å². The number of carbonyl (C=O) groups is 3. The molecule has 2 saturated heterocycles. The number of rotatable bonds is 5. The number of primary amides is 1. The zero-order valence-corrected chi connectivity index (χ0v) is 20.2. The smallest absolute Gasteiger partial charge is 0.369 e. The van der Waals surface area contributed by atoms with Gasteiger partial charge in [-0.1, -0.05) is 6.07 Å². The average molecular weight is 561 g/mol. The summed E-state index contributed by atoms with van der Waals surface area (Å²) >= 11 is 0. The Morgan fingerprint density at radius 3 is 2.23 bits per heavy atom. The molecule has 2 N–H and O–H groups in total. The fraction of sp³-hybridized carbons (Fsp3) is 0.500. The molecule has 0 bridgehead atoms. The first-order valence-electron chi connectivity index (χ1n) is 11.9. The van der Waals surface area contributed by atoms with Gasteiger partial charge in [-0.15, -0.1) is 0 Å². The second-order valence-corrected chi connectivity index (χ2v) is 10.5. The number of hydrogen-bond donors (Lipinski definition) is 1. The van der Waals surface area contributed by atoms with E-state index in [2.05, 4.69) is 5.10 Å². The Morgan fingerprint density at radius 2 is 1.67 bits per heavy atom. The van der Waals surface area contributed by atoms with Crippen LogP contribution in [0, 0.1) is 22.6 Å². The number of nitrogens with zero attached hydrogens (tertiary/aromatic N) is 4. The highest BCUT2D eigenvalue weighted by Gasteiger charge is 2.71. The largest absolute Gasteiger partial charge is 0.416 e. The van der Waals surface area contributed by atoms with Crippen LogP contribution in [0.4, 0.5) is 30.7 Å². The predicted molar refractivity (Wildman–Crippen MR) is 118 cm³/mol. The van der Waals surface area contributed by atoms with E-state index in [4.69, 9.17) is 5.73 Å². The van der Waals surface area contributed by atoms with Gasteiger partial charge in [0.2, 0.25) is 11.8 Å². The fourth-order valence-corrected chi connectivity index (χ4v) is 5.61. The van der Waals surface area contributed by atoms with E-state index in [0.717, 1.165) is 27.9 Å². The lowest BCUT2D eigenvalue weighted by atomic mass is 9.70. The Bertz CT molecular complexity index is 1340. The second kappa shape index (κ2) is 8.68. The summed E-state index contributed by atoms with van der Waals surface area (Å²) in [6.45, 7) is -0.921. The zero-order valence-electron chi connectivity index (χ0n) is 20.2. The molecule has 15 heteroatoms. The molecule has 1 aromatic heterocycles. The van der Waals surface area contributed by atoms with Crippen molar-refractivity contribution in [1.29, 1.82) is 0 Å². The lowest BCUT2D eigenvalue weighted by Crippen LogP contribution is -2.65. The molecule has 0 radical (unpaired) electrons. The van der Waals surface area contributed by atoms with Gasteiger partial charge in [0, 0.05) is 37.8 Å². The summed E-state index contributed by atoms with van der Waals surface area (Å²) in [4.78, 5) is 40.2. The van der Waals surface area contributed by atoms with Crippen LogP contribution in [0.1, 0.15) is 34.3 Å². The molecule has 1 spiro atoms. The first-order chi connectivity index (χ1) is 18.1. The Morgan fingerprint density at radius 1 is 1.03 bits per heavy atom. The molecule has 39 heavy (non-hydrogen) atoms. The third kappa shape index (κ3) is 4.50. The van der Waals surface area contributed by atoms with Gasteiger partial charge in [0.05, 0.1) is 29.8 Å². The van der Waals surface area contributed by atoms with Gasteiger partial charge in [0.25, 0.3) is 5.91 Å². The number of alkyl halides is 6. The second-order valence-electron chi connectivity index (χ2n) is 10.5. The highest BCUT2D eigenvalue weighted by molar-refractivity contribution is 5.95. The molecular weight excluding hydrogens is 539 g/mol. The van der Waals surface area contributed by atoms with Gasteiger partial charge in [-0.2, -0.15) is 31.4 Å². The summed E-state index contributed by atoms with van der Waals surface area (Å²) in [5.74, 6) is -4.39. The number of nitrogens with two attached hydrogens (primary N) is 1. The Hall–Kier alpha value is -3.65.